The maximum atomic E-state index is 11.5. The van der Waals surface area contributed by atoms with Gasteiger partial charge in [0, 0.05) is 12.1 Å². The molecule has 0 bridgehead atoms. The Kier molecular flexibility index (Phi) is 3.93. The monoisotopic (exact) mass is 198 g/mol. The number of hydrogen-bond donors (Lipinski definition) is 2. The van der Waals surface area contributed by atoms with E-state index in [1.807, 2.05) is 20.8 Å². The summed E-state index contributed by atoms with van der Waals surface area (Å²) in [4.78, 5) is 11.5. The molecule has 0 aromatic heterocycles. The van der Waals surface area contributed by atoms with Crippen molar-refractivity contribution in [1.29, 1.82) is 0 Å². The molecular formula is C11H22N2O. The van der Waals surface area contributed by atoms with Gasteiger partial charge in [-0.05, 0) is 33.1 Å². The average molecular weight is 198 g/mol. The zero-order chi connectivity index (χ0) is 10.7. The van der Waals surface area contributed by atoms with Gasteiger partial charge in [0.05, 0.1) is 6.04 Å². The molecule has 1 fully saturated rings. The van der Waals surface area contributed by atoms with Gasteiger partial charge in [-0.3, -0.25) is 4.79 Å². The van der Waals surface area contributed by atoms with Crippen molar-refractivity contribution < 1.29 is 4.79 Å². The van der Waals surface area contributed by atoms with Crippen LogP contribution in [0.5, 0.6) is 0 Å². The Bertz CT molecular complexity index is 203. The second-order valence-corrected chi connectivity index (χ2v) is 4.56. The molecule has 0 heterocycles. The molecule has 0 aromatic carbocycles. The van der Waals surface area contributed by atoms with Gasteiger partial charge >= 0.3 is 0 Å². The molecular weight excluding hydrogens is 176 g/mol. The van der Waals surface area contributed by atoms with Crippen LogP contribution in [0, 0.1) is 5.92 Å². The van der Waals surface area contributed by atoms with E-state index in [1.165, 1.54) is 12.8 Å². The summed E-state index contributed by atoms with van der Waals surface area (Å²) in [5.74, 6) is 0.908. The lowest BCUT2D eigenvalue weighted by atomic mass is 10.2. The molecule has 3 atom stereocenters. The molecule has 0 radical (unpaired) electrons. The summed E-state index contributed by atoms with van der Waals surface area (Å²) >= 11 is 0. The van der Waals surface area contributed by atoms with Crippen LogP contribution in [0.2, 0.25) is 0 Å². The van der Waals surface area contributed by atoms with Gasteiger partial charge in [0.25, 0.3) is 0 Å². The number of hydrogen-bond acceptors (Lipinski definition) is 2. The maximum Gasteiger partial charge on any atom is 0.237 e. The van der Waals surface area contributed by atoms with Crippen LogP contribution >= 0.6 is 0 Å². The van der Waals surface area contributed by atoms with Crippen molar-refractivity contribution in [3.8, 4) is 0 Å². The molecule has 0 saturated heterocycles. The van der Waals surface area contributed by atoms with Crippen LogP contribution in [-0.4, -0.2) is 24.0 Å². The summed E-state index contributed by atoms with van der Waals surface area (Å²) < 4.78 is 0. The van der Waals surface area contributed by atoms with Gasteiger partial charge < -0.3 is 10.6 Å². The third-order valence-corrected chi connectivity index (χ3v) is 2.74. The fourth-order valence-electron chi connectivity index (χ4n) is 1.71. The van der Waals surface area contributed by atoms with Gasteiger partial charge in [0.15, 0.2) is 0 Å². The molecule has 3 unspecified atom stereocenters. The number of rotatable bonds is 5. The van der Waals surface area contributed by atoms with E-state index in [0.29, 0.717) is 6.04 Å². The Labute approximate surface area is 86.6 Å². The topological polar surface area (TPSA) is 41.1 Å². The van der Waals surface area contributed by atoms with E-state index in [9.17, 15) is 4.79 Å². The Balaban J connectivity index is 2.21. The highest BCUT2D eigenvalue weighted by Crippen LogP contribution is 2.33. The van der Waals surface area contributed by atoms with E-state index >= 15 is 0 Å². The van der Waals surface area contributed by atoms with Crippen molar-refractivity contribution in [3.63, 3.8) is 0 Å². The predicted octanol–water partition coefficient (Wildman–Crippen LogP) is 1.29. The fourth-order valence-corrected chi connectivity index (χ4v) is 1.71. The molecule has 3 heteroatoms. The normalized spacial score (nSPS) is 27.5. The van der Waals surface area contributed by atoms with Crippen molar-refractivity contribution >= 4 is 5.91 Å². The molecule has 82 valence electrons. The zero-order valence-electron chi connectivity index (χ0n) is 9.63. The highest BCUT2D eigenvalue weighted by atomic mass is 16.2. The van der Waals surface area contributed by atoms with Gasteiger partial charge in [-0.1, -0.05) is 13.3 Å². The van der Waals surface area contributed by atoms with Crippen molar-refractivity contribution in [1.82, 2.24) is 10.6 Å². The van der Waals surface area contributed by atoms with Crippen molar-refractivity contribution in [2.24, 2.45) is 5.92 Å². The highest BCUT2D eigenvalue weighted by molar-refractivity contribution is 5.81. The maximum absolute atomic E-state index is 11.5. The van der Waals surface area contributed by atoms with E-state index < -0.39 is 0 Å². The molecule has 1 saturated carbocycles. The summed E-state index contributed by atoms with van der Waals surface area (Å²) in [6.07, 6.45) is 2.45. The SMILES string of the molecule is CCC1CC1NC(C)C(=O)NC(C)C. The number of carbonyl (C=O) groups excluding carboxylic acids is 1. The van der Waals surface area contributed by atoms with E-state index in [1.54, 1.807) is 0 Å². The standard InChI is InChI=1S/C11H22N2O/c1-5-9-6-10(9)13-8(4)11(14)12-7(2)3/h7-10,13H,5-6H2,1-4H3,(H,12,14). The smallest absolute Gasteiger partial charge is 0.237 e. The first-order valence-corrected chi connectivity index (χ1v) is 5.61. The minimum atomic E-state index is -0.0565. The van der Waals surface area contributed by atoms with Crippen LogP contribution in [0.15, 0.2) is 0 Å². The largest absolute Gasteiger partial charge is 0.353 e. The highest BCUT2D eigenvalue weighted by Gasteiger charge is 2.36. The third kappa shape index (κ3) is 3.29. The first kappa shape index (κ1) is 11.5. The lowest BCUT2D eigenvalue weighted by Gasteiger charge is -2.15. The Hall–Kier alpha value is -0.570. The Morgan fingerprint density at radius 3 is 2.50 bits per heavy atom. The van der Waals surface area contributed by atoms with E-state index in [0.717, 1.165) is 5.92 Å². The molecule has 0 spiro atoms. The summed E-state index contributed by atoms with van der Waals surface area (Å²) in [6, 6.07) is 0.750. The molecule has 2 N–H and O–H groups in total. The summed E-state index contributed by atoms with van der Waals surface area (Å²) in [7, 11) is 0. The second kappa shape index (κ2) is 4.78. The third-order valence-electron chi connectivity index (χ3n) is 2.74. The van der Waals surface area contributed by atoms with Crippen LogP contribution in [-0.2, 0) is 4.79 Å². The van der Waals surface area contributed by atoms with E-state index in [4.69, 9.17) is 0 Å². The molecule has 1 rings (SSSR count). The van der Waals surface area contributed by atoms with Crippen molar-refractivity contribution in [2.45, 2.75) is 58.7 Å². The van der Waals surface area contributed by atoms with Gasteiger partial charge in [-0.2, -0.15) is 0 Å². The van der Waals surface area contributed by atoms with E-state index in [2.05, 4.69) is 17.6 Å². The number of carbonyl (C=O) groups is 1. The first-order chi connectivity index (χ1) is 6.54. The minimum Gasteiger partial charge on any atom is -0.353 e. The zero-order valence-corrected chi connectivity index (χ0v) is 9.63. The molecule has 0 aromatic rings. The van der Waals surface area contributed by atoms with Crippen LogP contribution in [0.1, 0.15) is 40.5 Å². The fraction of sp³-hybridized carbons (Fsp3) is 0.909. The Morgan fingerprint density at radius 1 is 1.43 bits per heavy atom. The lowest BCUT2D eigenvalue weighted by molar-refractivity contribution is -0.123. The Morgan fingerprint density at radius 2 is 2.07 bits per heavy atom. The van der Waals surface area contributed by atoms with Gasteiger partial charge in [0.1, 0.15) is 0 Å². The number of amides is 1. The van der Waals surface area contributed by atoms with Crippen molar-refractivity contribution in [2.75, 3.05) is 0 Å². The molecule has 3 nitrogen and oxygen atoms in total. The minimum absolute atomic E-state index is 0.0565. The van der Waals surface area contributed by atoms with Crippen LogP contribution in [0.4, 0.5) is 0 Å². The average Bonchev–Trinajstić information content (AvgIpc) is 2.82. The second-order valence-electron chi connectivity index (χ2n) is 4.56. The van der Waals surface area contributed by atoms with Crippen LogP contribution < -0.4 is 10.6 Å². The quantitative estimate of drug-likeness (QED) is 0.699. The van der Waals surface area contributed by atoms with Gasteiger partial charge in [-0.15, -0.1) is 0 Å². The molecule has 1 aliphatic rings. The molecule has 1 aliphatic carbocycles. The van der Waals surface area contributed by atoms with Crippen LogP contribution in [0.3, 0.4) is 0 Å². The molecule has 14 heavy (non-hydrogen) atoms. The predicted molar refractivity (Wildman–Crippen MR) is 58.1 cm³/mol. The summed E-state index contributed by atoms with van der Waals surface area (Å²) in [5, 5.41) is 6.25. The van der Waals surface area contributed by atoms with Gasteiger partial charge in [0.2, 0.25) is 5.91 Å². The summed E-state index contributed by atoms with van der Waals surface area (Å²) in [5.41, 5.74) is 0. The number of nitrogens with one attached hydrogen (secondary N) is 2. The molecule has 0 aliphatic heterocycles. The van der Waals surface area contributed by atoms with E-state index in [-0.39, 0.29) is 18.0 Å². The molecule has 1 amide bonds. The first-order valence-electron chi connectivity index (χ1n) is 5.61. The lowest BCUT2D eigenvalue weighted by Crippen LogP contribution is -2.45. The summed E-state index contributed by atoms with van der Waals surface area (Å²) in [6.45, 7) is 8.10. The van der Waals surface area contributed by atoms with Crippen LogP contribution in [0.25, 0.3) is 0 Å². The van der Waals surface area contributed by atoms with Crippen molar-refractivity contribution in [3.05, 3.63) is 0 Å². The van der Waals surface area contributed by atoms with Gasteiger partial charge in [-0.25, -0.2) is 0 Å².